The normalized spacial score (nSPS) is 17.6. The summed E-state index contributed by atoms with van der Waals surface area (Å²) in [6.45, 7) is 1.31. The van der Waals surface area contributed by atoms with Crippen LogP contribution in [0.2, 0.25) is 0 Å². The smallest absolute Gasteiger partial charge is 0.157 e. The van der Waals surface area contributed by atoms with Gasteiger partial charge in [0.2, 0.25) is 0 Å². The fourth-order valence-corrected chi connectivity index (χ4v) is 3.83. The highest BCUT2D eigenvalue weighted by Crippen LogP contribution is 2.42. The van der Waals surface area contributed by atoms with E-state index < -0.39 is 5.82 Å². The Bertz CT molecular complexity index is 879. The molecule has 1 N–H and O–H groups in total. The second-order valence-electron chi connectivity index (χ2n) is 6.91. The molecule has 0 atom stereocenters. The SMILES string of the molecule is Cn1ncc(Br)c1-c1c(F)c(NC2CCOCC2)cc(OC2CC2)c1C#N. The molecule has 1 aliphatic carbocycles. The van der Waals surface area contributed by atoms with Crippen molar-refractivity contribution in [3.05, 3.63) is 28.1 Å². The molecular weight excluding hydrogens is 415 g/mol. The highest BCUT2D eigenvalue weighted by atomic mass is 79.9. The van der Waals surface area contributed by atoms with Crippen LogP contribution in [0.3, 0.4) is 0 Å². The van der Waals surface area contributed by atoms with E-state index in [4.69, 9.17) is 9.47 Å². The molecule has 1 saturated carbocycles. The molecule has 1 aromatic heterocycles. The van der Waals surface area contributed by atoms with Gasteiger partial charge in [0.05, 0.1) is 33.7 Å². The number of aromatic nitrogens is 2. The Morgan fingerprint density at radius 2 is 2.11 bits per heavy atom. The predicted octanol–water partition coefficient (Wildman–Crippen LogP) is 3.99. The molecule has 6 nitrogen and oxygen atoms in total. The summed E-state index contributed by atoms with van der Waals surface area (Å²) in [5, 5.41) is 17.2. The van der Waals surface area contributed by atoms with E-state index in [9.17, 15) is 5.26 Å². The molecule has 1 aliphatic heterocycles. The van der Waals surface area contributed by atoms with Crippen molar-refractivity contribution in [3.8, 4) is 23.1 Å². The van der Waals surface area contributed by atoms with Gasteiger partial charge in [0.25, 0.3) is 0 Å². The molecule has 8 heteroatoms. The van der Waals surface area contributed by atoms with Gasteiger partial charge in [-0.05, 0) is 41.6 Å². The van der Waals surface area contributed by atoms with Crippen molar-refractivity contribution in [2.24, 2.45) is 7.05 Å². The number of benzene rings is 1. The van der Waals surface area contributed by atoms with Gasteiger partial charge < -0.3 is 14.8 Å². The molecule has 142 valence electrons. The van der Waals surface area contributed by atoms with Gasteiger partial charge in [0.15, 0.2) is 5.82 Å². The summed E-state index contributed by atoms with van der Waals surface area (Å²) in [4.78, 5) is 0. The Morgan fingerprint density at radius 3 is 2.70 bits per heavy atom. The lowest BCUT2D eigenvalue weighted by Gasteiger charge is -2.25. The van der Waals surface area contributed by atoms with Gasteiger partial charge in [0, 0.05) is 32.4 Å². The Balaban J connectivity index is 1.84. The van der Waals surface area contributed by atoms with Crippen LogP contribution in [0.1, 0.15) is 31.2 Å². The van der Waals surface area contributed by atoms with Crippen molar-refractivity contribution < 1.29 is 13.9 Å². The lowest BCUT2D eigenvalue weighted by atomic mass is 10.0. The van der Waals surface area contributed by atoms with Crippen LogP contribution in [-0.2, 0) is 11.8 Å². The minimum atomic E-state index is -0.467. The van der Waals surface area contributed by atoms with E-state index in [0.717, 1.165) is 25.7 Å². The third kappa shape index (κ3) is 3.66. The van der Waals surface area contributed by atoms with Crippen LogP contribution in [0, 0.1) is 17.1 Å². The summed E-state index contributed by atoms with van der Waals surface area (Å²) in [6, 6.07) is 3.88. The maximum Gasteiger partial charge on any atom is 0.157 e. The number of halogens is 2. The summed E-state index contributed by atoms with van der Waals surface area (Å²) in [5.74, 6) is -0.0513. The molecule has 0 amide bonds. The first-order chi connectivity index (χ1) is 13.1. The van der Waals surface area contributed by atoms with E-state index in [1.54, 1.807) is 24.0 Å². The van der Waals surface area contributed by atoms with Crippen LogP contribution < -0.4 is 10.1 Å². The molecule has 2 aromatic rings. The fraction of sp³-hybridized carbons (Fsp3) is 0.474. The van der Waals surface area contributed by atoms with E-state index in [1.165, 1.54) is 0 Å². The van der Waals surface area contributed by atoms with Crippen molar-refractivity contribution in [1.82, 2.24) is 9.78 Å². The Labute approximate surface area is 165 Å². The Hall–Kier alpha value is -2.11. The molecule has 2 heterocycles. The average molecular weight is 435 g/mol. The topological polar surface area (TPSA) is 72.1 Å². The Kier molecular flexibility index (Phi) is 5.06. The van der Waals surface area contributed by atoms with Gasteiger partial charge in [-0.15, -0.1) is 0 Å². The summed E-state index contributed by atoms with van der Waals surface area (Å²) in [7, 11) is 1.72. The summed E-state index contributed by atoms with van der Waals surface area (Å²) >= 11 is 3.43. The second kappa shape index (κ2) is 7.49. The number of nitrogens with one attached hydrogen (secondary N) is 1. The van der Waals surface area contributed by atoms with Crippen LogP contribution in [0.4, 0.5) is 10.1 Å². The summed E-state index contributed by atoms with van der Waals surface area (Å²) < 4.78 is 29.1. The number of rotatable bonds is 5. The monoisotopic (exact) mass is 434 g/mol. The van der Waals surface area contributed by atoms with Crippen molar-refractivity contribution in [3.63, 3.8) is 0 Å². The van der Waals surface area contributed by atoms with E-state index >= 15 is 4.39 Å². The molecule has 1 aromatic carbocycles. The third-order valence-electron chi connectivity index (χ3n) is 4.87. The Morgan fingerprint density at radius 1 is 1.37 bits per heavy atom. The zero-order valence-electron chi connectivity index (χ0n) is 15.0. The number of hydrogen-bond donors (Lipinski definition) is 1. The van der Waals surface area contributed by atoms with E-state index in [0.29, 0.717) is 34.8 Å². The molecule has 0 spiro atoms. The molecule has 0 unspecified atom stereocenters. The number of anilines is 1. The lowest BCUT2D eigenvalue weighted by Crippen LogP contribution is -2.28. The van der Waals surface area contributed by atoms with Crippen LogP contribution in [0.25, 0.3) is 11.3 Å². The van der Waals surface area contributed by atoms with Gasteiger partial charge in [-0.2, -0.15) is 10.4 Å². The predicted molar refractivity (Wildman–Crippen MR) is 102 cm³/mol. The average Bonchev–Trinajstić information content (AvgIpc) is 3.42. The quantitative estimate of drug-likeness (QED) is 0.769. The van der Waals surface area contributed by atoms with E-state index in [-0.39, 0.29) is 23.3 Å². The van der Waals surface area contributed by atoms with Gasteiger partial charge in [-0.25, -0.2) is 4.39 Å². The molecule has 0 radical (unpaired) electrons. The fourth-order valence-electron chi connectivity index (χ4n) is 3.28. The van der Waals surface area contributed by atoms with Crippen molar-refractivity contribution in [1.29, 1.82) is 5.26 Å². The largest absolute Gasteiger partial charge is 0.489 e. The second-order valence-corrected chi connectivity index (χ2v) is 7.77. The van der Waals surface area contributed by atoms with Crippen LogP contribution in [0.5, 0.6) is 5.75 Å². The van der Waals surface area contributed by atoms with Gasteiger partial charge in [-0.3, -0.25) is 4.68 Å². The molecule has 1 saturated heterocycles. The molecule has 2 fully saturated rings. The minimum Gasteiger partial charge on any atom is -0.489 e. The summed E-state index contributed by atoms with van der Waals surface area (Å²) in [5.41, 5.74) is 1.26. The molecule has 2 aliphatic rings. The first-order valence-corrected chi connectivity index (χ1v) is 9.83. The van der Waals surface area contributed by atoms with Crippen LogP contribution in [-0.4, -0.2) is 35.1 Å². The number of aryl methyl sites for hydroxylation is 1. The zero-order valence-corrected chi connectivity index (χ0v) is 16.6. The van der Waals surface area contributed by atoms with Crippen LogP contribution >= 0.6 is 15.9 Å². The first-order valence-electron chi connectivity index (χ1n) is 9.04. The van der Waals surface area contributed by atoms with E-state index in [2.05, 4.69) is 32.4 Å². The lowest BCUT2D eigenvalue weighted by molar-refractivity contribution is 0.0904. The summed E-state index contributed by atoms with van der Waals surface area (Å²) in [6.07, 6.45) is 5.22. The van der Waals surface area contributed by atoms with Gasteiger partial charge >= 0.3 is 0 Å². The number of hydrogen-bond acceptors (Lipinski definition) is 5. The molecule has 4 rings (SSSR count). The van der Waals surface area contributed by atoms with Gasteiger partial charge in [-0.1, -0.05) is 0 Å². The van der Waals surface area contributed by atoms with Crippen LogP contribution in [0.15, 0.2) is 16.7 Å². The number of nitriles is 1. The standard InChI is InChI=1S/C19H20BrFN4O2/c1-25-19(14(20)10-23-25)17-13(9-22)16(27-12-2-3-12)8-15(18(17)21)24-11-4-6-26-7-5-11/h8,10-12,24H,2-7H2,1H3. The zero-order chi connectivity index (χ0) is 19.0. The van der Waals surface area contributed by atoms with Crippen molar-refractivity contribution in [2.45, 2.75) is 37.8 Å². The maximum atomic E-state index is 15.6. The van der Waals surface area contributed by atoms with Crippen molar-refractivity contribution >= 4 is 21.6 Å². The molecule has 27 heavy (non-hydrogen) atoms. The first kappa shape index (κ1) is 18.3. The van der Waals surface area contributed by atoms with Gasteiger partial charge in [0.1, 0.15) is 17.4 Å². The maximum absolute atomic E-state index is 15.6. The third-order valence-corrected chi connectivity index (χ3v) is 5.45. The highest BCUT2D eigenvalue weighted by molar-refractivity contribution is 9.10. The number of ether oxygens (including phenoxy) is 2. The van der Waals surface area contributed by atoms with E-state index in [1.807, 2.05) is 0 Å². The molecular formula is C19H20BrFN4O2. The minimum absolute atomic E-state index is 0.0984. The number of nitrogens with zero attached hydrogens (tertiary/aromatic N) is 3. The van der Waals surface area contributed by atoms with Crippen molar-refractivity contribution in [2.75, 3.05) is 18.5 Å². The highest BCUT2D eigenvalue weighted by Gasteiger charge is 2.30. The molecule has 0 bridgehead atoms.